The SMILES string of the molecule is C=Cc1ccc(S(=O)(=O)O)c(C)c1.[Na]. The van der Waals surface area contributed by atoms with Crippen molar-refractivity contribution in [1.29, 1.82) is 0 Å². The van der Waals surface area contributed by atoms with Gasteiger partial charge >= 0.3 is 0 Å². The maximum Gasteiger partial charge on any atom is 0.294 e. The van der Waals surface area contributed by atoms with Gasteiger partial charge < -0.3 is 0 Å². The predicted molar refractivity (Wildman–Crippen MR) is 56.8 cm³/mol. The summed E-state index contributed by atoms with van der Waals surface area (Å²) in [5.74, 6) is 0. The molecule has 0 spiro atoms. The molecule has 1 rings (SSSR count). The molecular formula is C9H10NaO3S. The molecule has 0 saturated heterocycles. The number of benzene rings is 1. The van der Waals surface area contributed by atoms with Crippen molar-refractivity contribution in [2.24, 2.45) is 0 Å². The van der Waals surface area contributed by atoms with Crippen molar-refractivity contribution in [3.05, 3.63) is 35.9 Å². The van der Waals surface area contributed by atoms with Gasteiger partial charge in [0, 0.05) is 29.6 Å². The Morgan fingerprint density at radius 3 is 2.36 bits per heavy atom. The molecule has 0 atom stereocenters. The van der Waals surface area contributed by atoms with Crippen LogP contribution in [0.5, 0.6) is 0 Å². The van der Waals surface area contributed by atoms with Crippen LogP contribution in [0.3, 0.4) is 0 Å². The maximum atomic E-state index is 10.8. The van der Waals surface area contributed by atoms with Crippen LogP contribution >= 0.6 is 0 Å². The molecule has 0 aliphatic heterocycles. The standard InChI is InChI=1S/C9H10O3S.Na/c1-3-8-4-5-9(7(2)6-8)13(10,11)12;/h3-6H,1H2,2H3,(H,10,11,12);. The monoisotopic (exact) mass is 221 g/mol. The van der Waals surface area contributed by atoms with Crippen LogP contribution < -0.4 is 0 Å². The van der Waals surface area contributed by atoms with Crippen LogP contribution in [-0.2, 0) is 10.1 Å². The van der Waals surface area contributed by atoms with E-state index in [2.05, 4.69) is 6.58 Å². The first kappa shape index (κ1) is 13.9. The normalized spacial score (nSPS) is 10.4. The molecule has 0 fully saturated rings. The Bertz CT molecular complexity index is 437. The van der Waals surface area contributed by atoms with Gasteiger partial charge in [0.25, 0.3) is 10.1 Å². The maximum absolute atomic E-state index is 10.8. The third-order valence-electron chi connectivity index (χ3n) is 1.71. The van der Waals surface area contributed by atoms with E-state index < -0.39 is 10.1 Å². The molecule has 0 aliphatic carbocycles. The van der Waals surface area contributed by atoms with E-state index in [4.69, 9.17) is 4.55 Å². The predicted octanol–water partition coefficient (Wildman–Crippen LogP) is 1.50. The summed E-state index contributed by atoms with van der Waals surface area (Å²) in [4.78, 5) is -0.0573. The molecule has 1 N–H and O–H groups in total. The number of rotatable bonds is 2. The average Bonchev–Trinajstić information content (AvgIpc) is 2.01. The van der Waals surface area contributed by atoms with Gasteiger partial charge in [-0.25, -0.2) is 0 Å². The van der Waals surface area contributed by atoms with Gasteiger partial charge in [0.15, 0.2) is 0 Å². The van der Waals surface area contributed by atoms with Gasteiger partial charge in [0.05, 0.1) is 4.90 Å². The molecule has 0 aliphatic rings. The summed E-state index contributed by atoms with van der Waals surface area (Å²) in [7, 11) is -4.09. The van der Waals surface area contributed by atoms with Gasteiger partial charge in [-0.15, -0.1) is 0 Å². The minimum absolute atomic E-state index is 0. The number of hydrogen-bond acceptors (Lipinski definition) is 2. The van der Waals surface area contributed by atoms with E-state index in [1.54, 1.807) is 25.1 Å². The van der Waals surface area contributed by atoms with Crippen molar-refractivity contribution in [3.8, 4) is 0 Å². The molecule has 0 amide bonds. The topological polar surface area (TPSA) is 54.4 Å². The van der Waals surface area contributed by atoms with Gasteiger partial charge in [0.1, 0.15) is 0 Å². The van der Waals surface area contributed by atoms with Crippen LogP contribution in [0.25, 0.3) is 6.08 Å². The molecule has 5 heteroatoms. The van der Waals surface area contributed by atoms with Crippen molar-refractivity contribution in [2.75, 3.05) is 0 Å². The van der Waals surface area contributed by atoms with E-state index in [-0.39, 0.29) is 34.5 Å². The number of hydrogen-bond donors (Lipinski definition) is 1. The fourth-order valence-electron chi connectivity index (χ4n) is 1.09. The molecule has 0 heterocycles. The molecule has 0 saturated carbocycles. The van der Waals surface area contributed by atoms with E-state index in [0.29, 0.717) is 5.56 Å². The molecule has 1 radical (unpaired) electrons. The van der Waals surface area contributed by atoms with Crippen molar-refractivity contribution in [2.45, 2.75) is 11.8 Å². The third-order valence-corrected chi connectivity index (χ3v) is 2.73. The van der Waals surface area contributed by atoms with Crippen LogP contribution in [0.4, 0.5) is 0 Å². The summed E-state index contributed by atoms with van der Waals surface area (Å²) < 4.78 is 30.3. The van der Waals surface area contributed by atoms with Crippen LogP contribution in [0, 0.1) is 6.92 Å². The van der Waals surface area contributed by atoms with Gasteiger partial charge in [-0.05, 0) is 24.1 Å². The Morgan fingerprint density at radius 1 is 1.43 bits per heavy atom. The van der Waals surface area contributed by atoms with Crippen molar-refractivity contribution in [3.63, 3.8) is 0 Å². The van der Waals surface area contributed by atoms with Crippen LogP contribution in [0.2, 0.25) is 0 Å². The third kappa shape index (κ3) is 3.22. The summed E-state index contributed by atoms with van der Waals surface area (Å²) in [6, 6.07) is 4.60. The minimum Gasteiger partial charge on any atom is -0.282 e. The largest absolute Gasteiger partial charge is 0.294 e. The Balaban J connectivity index is 0.00000169. The second-order valence-corrected chi connectivity index (χ2v) is 4.09. The first-order chi connectivity index (χ1) is 5.95. The zero-order valence-corrected chi connectivity index (χ0v) is 11.0. The summed E-state index contributed by atoms with van der Waals surface area (Å²) >= 11 is 0. The molecule has 0 aromatic heterocycles. The summed E-state index contributed by atoms with van der Waals surface area (Å²) in [6.07, 6.45) is 1.61. The Morgan fingerprint density at radius 2 is 2.00 bits per heavy atom. The zero-order valence-electron chi connectivity index (χ0n) is 8.19. The molecule has 3 nitrogen and oxygen atoms in total. The van der Waals surface area contributed by atoms with E-state index in [1.165, 1.54) is 6.07 Å². The average molecular weight is 221 g/mol. The van der Waals surface area contributed by atoms with Crippen LogP contribution in [-0.4, -0.2) is 42.5 Å². The van der Waals surface area contributed by atoms with Gasteiger partial charge in [-0.2, -0.15) is 8.42 Å². The Kier molecular flexibility index (Phi) is 5.05. The van der Waals surface area contributed by atoms with Crippen molar-refractivity contribution < 1.29 is 13.0 Å². The van der Waals surface area contributed by atoms with E-state index >= 15 is 0 Å². The van der Waals surface area contributed by atoms with E-state index in [1.807, 2.05) is 0 Å². The second kappa shape index (κ2) is 5.09. The molecule has 0 bridgehead atoms. The Hall–Kier alpha value is -0.130. The molecule has 0 unspecified atom stereocenters. The van der Waals surface area contributed by atoms with Crippen LogP contribution in [0.15, 0.2) is 29.7 Å². The second-order valence-electron chi connectivity index (χ2n) is 2.70. The van der Waals surface area contributed by atoms with Crippen molar-refractivity contribution in [1.82, 2.24) is 0 Å². The molecule has 1 aromatic carbocycles. The van der Waals surface area contributed by atoms with Gasteiger partial charge in [0.2, 0.25) is 0 Å². The van der Waals surface area contributed by atoms with E-state index in [0.717, 1.165) is 5.56 Å². The fraction of sp³-hybridized carbons (Fsp3) is 0.111. The summed E-state index contributed by atoms with van der Waals surface area (Å²) in [5, 5.41) is 0. The molecule has 14 heavy (non-hydrogen) atoms. The molecule has 71 valence electrons. The van der Waals surface area contributed by atoms with Gasteiger partial charge in [-0.1, -0.05) is 24.8 Å². The zero-order chi connectivity index (χ0) is 10.1. The van der Waals surface area contributed by atoms with Crippen molar-refractivity contribution >= 4 is 45.8 Å². The fourth-order valence-corrected chi connectivity index (χ4v) is 1.79. The quantitative estimate of drug-likeness (QED) is 0.608. The Labute approximate surface area is 106 Å². The minimum atomic E-state index is -4.09. The van der Waals surface area contributed by atoms with Crippen LogP contribution in [0.1, 0.15) is 11.1 Å². The molecule has 1 aromatic rings. The smallest absolute Gasteiger partial charge is 0.282 e. The molecular weight excluding hydrogens is 211 g/mol. The number of aryl methyl sites for hydroxylation is 1. The van der Waals surface area contributed by atoms with E-state index in [9.17, 15) is 8.42 Å². The summed E-state index contributed by atoms with van der Waals surface area (Å²) in [6.45, 7) is 5.17. The first-order valence-electron chi connectivity index (χ1n) is 3.65. The van der Waals surface area contributed by atoms with Gasteiger partial charge in [-0.3, -0.25) is 4.55 Å². The summed E-state index contributed by atoms with van der Waals surface area (Å²) in [5.41, 5.74) is 1.34. The first-order valence-corrected chi connectivity index (χ1v) is 5.10.